The Bertz CT molecular complexity index is 1750. The molecule has 2 aromatic carbocycles. The van der Waals surface area contributed by atoms with Crippen LogP contribution in [0.1, 0.15) is 103 Å². The number of aryl methyl sites for hydroxylation is 2. The first-order chi connectivity index (χ1) is 23.2. The van der Waals surface area contributed by atoms with Gasteiger partial charge in [-0.3, -0.25) is 0 Å². The van der Waals surface area contributed by atoms with Crippen LogP contribution in [-0.4, -0.2) is 47.1 Å². The summed E-state index contributed by atoms with van der Waals surface area (Å²) in [6.45, 7) is 26.7. The Kier molecular flexibility index (Phi) is 13.4. The topological polar surface area (TPSA) is 137 Å². The number of phenols is 2. The van der Waals surface area contributed by atoms with Crippen molar-refractivity contribution < 1.29 is 28.1 Å². The number of phenolic OH excluding ortho intramolecular Hbond substituents is 2. The van der Waals surface area contributed by atoms with E-state index in [1.807, 2.05) is 25.1 Å². The second kappa shape index (κ2) is 16.7. The van der Waals surface area contributed by atoms with Crippen LogP contribution in [-0.2, 0) is 12.8 Å². The predicted molar refractivity (Wildman–Crippen MR) is 206 cm³/mol. The van der Waals surface area contributed by atoms with Gasteiger partial charge >= 0.3 is 0 Å². The maximum absolute atomic E-state index is 9.34. The summed E-state index contributed by atoms with van der Waals surface area (Å²) >= 11 is 0. The van der Waals surface area contributed by atoms with E-state index in [1.54, 1.807) is 18.2 Å². The smallest absolute Gasteiger partial charge is 0.250 e. The molecule has 0 fully saturated rings. The van der Waals surface area contributed by atoms with E-state index in [9.17, 15) is 10.2 Å². The minimum atomic E-state index is -2.04. The van der Waals surface area contributed by atoms with Crippen LogP contribution >= 0.6 is 0 Å². The highest BCUT2D eigenvalue weighted by molar-refractivity contribution is 6.75. The molecule has 12 heteroatoms. The molecule has 0 aliphatic rings. The summed E-state index contributed by atoms with van der Waals surface area (Å²) in [5.41, 5.74) is 1.75. The van der Waals surface area contributed by atoms with E-state index in [4.69, 9.17) is 17.9 Å². The summed E-state index contributed by atoms with van der Waals surface area (Å²) in [5, 5.41) is 26.5. The summed E-state index contributed by atoms with van der Waals surface area (Å²) < 4.78 is 23.8. The maximum Gasteiger partial charge on any atom is 0.250 e. The first-order valence-corrected chi connectivity index (χ1v) is 23.1. The van der Waals surface area contributed by atoms with Crippen molar-refractivity contribution in [3.8, 4) is 23.0 Å². The highest BCUT2D eigenvalue weighted by Crippen LogP contribution is 2.44. The summed E-state index contributed by atoms with van der Waals surface area (Å²) in [7, 11) is -4.05. The standard InChI is InChI=1S/C25H42N2O3Si2.C13H14N2O3/c1-12-13-22-26-23(28-27-22)17-15-19-14-16-20(29-31(8,9)24(2,3)4)21(18-19)30-32(10,11)25(5,6)7;1-2-3-12-14-13(18-15-12)7-5-9-4-6-10(16)11(17)8-9/h14-18H,12-13H2,1-11H3;4-8,16-17H,2-3H2,1H3. The first-order valence-electron chi connectivity index (χ1n) is 17.3. The van der Waals surface area contributed by atoms with Gasteiger partial charge < -0.3 is 28.1 Å². The van der Waals surface area contributed by atoms with Crippen molar-refractivity contribution >= 4 is 40.9 Å². The minimum absolute atomic E-state index is 0.0898. The molecule has 4 rings (SSSR count). The Morgan fingerprint density at radius 1 is 0.620 bits per heavy atom. The third-order valence-electron chi connectivity index (χ3n) is 9.06. The second-order valence-corrected chi connectivity index (χ2v) is 24.9. The molecule has 0 aliphatic carbocycles. The molecule has 10 nitrogen and oxygen atoms in total. The molecule has 50 heavy (non-hydrogen) atoms. The molecule has 0 amide bonds. The van der Waals surface area contributed by atoms with Crippen molar-refractivity contribution in [3.05, 3.63) is 71.0 Å². The van der Waals surface area contributed by atoms with Crippen LogP contribution in [0.4, 0.5) is 0 Å². The molecule has 2 aromatic heterocycles. The molecule has 4 aromatic rings. The quantitative estimate of drug-likeness (QED) is 0.107. The van der Waals surface area contributed by atoms with Gasteiger partial charge in [0.1, 0.15) is 11.5 Å². The monoisotopic (exact) mass is 720 g/mol. The zero-order valence-corrected chi connectivity index (χ0v) is 33.9. The fourth-order valence-corrected chi connectivity index (χ4v) is 5.99. The summed E-state index contributed by atoms with van der Waals surface area (Å²) in [4.78, 5) is 8.59. The van der Waals surface area contributed by atoms with Crippen LogP contribution in [0, 0.1) is 0 Å². The van der Waals surface area contributed by atoms with E-state index < -0.39 is 16.6 Å². The van der Waals surface area contributed by atoms with Crippen LogP contribution < -0.4 is 8.85 Å². The number of aromatic hydroxyl groups is 2. The maximum atomic E-state index is 9.34. The molecule has 0 saturated heterocycles. The van der Waals surface area contributed by atoms with Crippen molar-refractivity contribution in [1.29, 1.82) is 0 Å². The van der Waals surface area contributed by atoms with E-state index in [1.165, 1.54) is 12.1 Å². The van der Waals surface area contributed by atoms with E-state index in [-0.39, 0.29) is 21.6 Å². The van der Waals surface area contributed by atoms with Gasteiger partial charge in [0.05, 0.1) is 0 Å². The van der Waals surface area contributed by atoms with Gasteiger partial charge in [0, 0.05) is 25.0 Å². The molecule has 0 aliphatic heterocycles. The van der Waals surface area contributed by atoms with Crippen LogP contribution in [0.5, 0.6) is 23.0 Å². The van der Waals surface area contributed by atoms with Gasteiger partial charge in [0.15, 0.2) is 23.1 Å². The van der Waals surface area contributed by atoms with Gasteiger partial charge in [0.2, 0.25) is 0 Å². The molecule has 0 atom stereocenters. The predicted octanol–water partition coefficient (Wildman–Crippen LogP) is 10.6. The van der Waals surface area contributed by atoms with Crippen molar-refractivity contribution in [3.63, 3.8) is 0 Å². The SMILES string of the molecule is CCCc1noc(C=Cc2ccc(O)c(O)c2)n1.CCCc1noc(C=Cc2ccc(O[Si](C)(C)C(C)(C)C)c(O[Si](C)(C)C(C)(C)C)c2)n1. The highest BCUT2D eigenvalue weighted by atomic mass is 28.4. The van der Waals surface area contributed by atoms with E-state index in [2.05, 4.69) is 107 Å². The minimum Gasteiger partial charge on any atom is -0.541 e. The van der Waals surface area contributed by atoms with Crippen LogP contribution in [0.15, 0.2) is 45.4 Å². The van der Waals surface area contributed by atoms with Crippen molar-refractivity contribution in [2.24, 2.45) is 0 Å². The highest BCUT2D eigenvalue weighted by Gasteiger charge is 2.42. The molecule has 0 spiro atoms. The van der Waals surface area contributed by atoms with Crippen LogP contribution in [0.3, 0.4) is 0 Å². The lowest BCUT2D eigenvalue weighted by Gasteiger charge is -2.39. The lowest BCUT2D eigenvalue weighted by atomic mass is 10.2. The van der Waals surface area contributed by atoms with Crippen molar-refractivity contribution in [2.45, 2.75) is 117 Å². The summed E-state index contributed by atoms with van der Waals surface area (Å²) in [6.07, 6.45) is 10.8. The Morgan fingerprint density at radius 2 is 1.06 bits per heavy atom. The van der Waals surface area contributed by atoms with Gasteiger partial charge in [-0.2, -0.15) is 9.97 Å². The van der Waals surface area contributed by atoms with E-state index in [0.717, 1.165) is 54.1 Å². The Morgan fingerprint density at radius 3 is 1.50 bits per heavy atom. The van der Waals surface area contributed by atoms with E-state index in [0.29, 0.717) is 17.6 Å². The molecular weight excluding hydrogens is 665 g/mol. The number of benzene rings is 2. The number of nitrogens with zero attached hydrogens (tertiary/aromatic N) is 4. The molecule has 0 bridgehead atoms. The molecule has 0 saturated carbocycles. The van der Waals surface area contributed by atoms with Crippen LogP contribution in [0.2, 0.25) is 36.3 Å². The molecule has 2 heterocycles. The van der Waals surface area contributed by atoms with Gasteiger partial charge in [0.25, 0.3) is 28.4 Å². The average molecular weight is 721 g/mol. The van der Waals surface area contributed by atoms with Gasteiger partial charge in [-0.1, -0.05) is 77.8 Å². The van der Waals surface area contributed by atoms with Gasteiger partial charge in [-0.25, -0.2) is 0 Å². The van der Waals surface area contributed by atoms with Gasteiger partial charge in [-0.05, 0) is 96.7 Å². The zero-order chi connectivity index (χ0) is 37.3. The lowest BCUT2D eigenvalue weighted by molar-refractivity contribution is 0.402. The zero-order valence-electron chi connectivity index (χ0n) is 31.9. The summed E-state index contributed by atoms with van der Waals surface area (Å²) in [5.74, 6) is 3.72. The summed E-state index contributed by atoms with van der Waals surface area (Å²) in [6, 6.07) is 10.7. The number of hydrogen-bond acceptors (Lipinski definition) is 10. The van der Waals surface area contributed by atoms with Crippen LogP contribution in [0.25, 0.3) is 24.3 Å². The van der Waals surface area contributed by atoms with E-state index >= 15 is 0 Å². The third-order valence-corrected chi connectivity index (χ3v) is 17.7. The average Bonchev–Trinajstić information content (AvgIpc) is 3.66. The molecule has 0 unspecified atom stereocenters. The fourth-order valence-electron chi connectivity index (χ4n) is 3.95. The number of hydrogen-bond donors (Lipinski definition) is 2. The largest absolute Gasteiger partial charge is 0.541 e. The molecule has 272 valence electrons. The molecular formula is C38H56N4O6Si2. The Labute approximate surface area is 299 Å². The van der Waals surface area contributed by atoms with Gasteiger partial charge in [-0.15, -0.1) is 0 Å². The van der Waals surface area contributed by atoms with Crippen molar-refractivity contribution in [2.75, 3.05) is 0 Å². The number of aromatic nitrogens is 4. The Hall–Kier alpha value is -4.17. The lowest BCUT2D eigenvalue weighted by Crippen LogP contribution is -2.45. The fraction of sp³-hybridized carbons (Fsp3) is 0.474. The third kappa shape index (κ3) is 11.4. The normalized spacial score (nSPS) is 12.7. The second-order valence-electron chi connectivity index (χ2n) is 15.4. The molecule has 2 N–H and O–H groups in total. The number of rotatable bonds is 12. The van der Waals surface area contributed by atoms with Crippen molar-refractivity contribution in [1.82, 2.24) is 20.3 Å². The Balaban J connectivity index is 0.000000316. The first kappa shape index (κ1) is 40.3. The molecule has 0 radical (unpaired) electrons.